The van der Waals surface area contributed by atoms with Crippen molar-refractivity contribution in [3.63, 3.8) is 0 Å². The van der Waals surface area contributed by atoms with Crippen LogP contribution in [0, 0.1) is 0 Å². The third-order valence-corrected chi connectivity index (χ3v) is 2.38. The molecule has 74 valence electrons. The third-order valence-electron chi connectivity index (χ3n) is 2.38. The van der Waals surface area contributed by atoms with Gasteiger partial charge in [0.15, 0.2) is 11.9 Å². The van der Waals surface area contributed by atoms with Crippen molar-refractivity contribution < 1.29 is 9.53 Å². The molecule has 2 unspecified atom stereocenters. The SMILES string of the molecule is CC(=O)C1Oc2ccccc2NC1C. The van der Waals surface area contributed by atoms with E-state index in [1.807, 2.05) is 31.2 Å². The summed E-state index contributed by atoms with van der Waals surface area (Å²) in [5, 5.41) is 3.25. The first-order chi connectivity index (χ1) is 6.68. The van der Waals surface area contributed by atoms with Crippen molar-refractivity contribution in [3.05, 3.63) is 24.3 Å². The minimum atomic E-state index is -0.370. The fraction of sp³-hybridized carbons (Fsp3) is 0.364. The molecule has 0 saturated carbocycles. The predicted molar refractivity (Wildman–Crippen MR) is 54.6 cm³/mol. The first-order valence-corrected chi connectivity index (χ1v) is 4.71. The normalized spacial score (nSPS) is 24.4. The second-order valence-corrected chi connectivity index (χ2v) is 3.58. The molecule has 3 nitrogen and oxygen atoms in total. The van der Waals surface area contributed by atoms with Crippen LogP contribution in [0.25, 0.3) is 0 Å². The molecule has 0 bridgehead atoms. The Kier molecular flexibility index (Phi) is 2.15. The molecule has 2 rings (SSSR count). The number of carbonyl (C=O) groups is 1. The molecule has 0 saturated heterocycles. The van der Waals surface area contributed by atoms with E-state index >= 15 is 0 Å². The van der Waals surface area contributed by atoms with Gasteiger partial charge in [-0.1, -0.05) is 12.1 Å². The maximum absolute atomic E-state index is 11.3. The van der Waals surface area contributed by atoms with Gasteiger partial charge in [0.25, 0.3) is 0 Å². The second kappa shape index (κ2) is 3.33. The minimum absolute atomic E-state index is 0.0300. The van der Waals surface area contributed by atoms with Crippen LogP contribution in [0.15, 0.2) is 24.3 Å². The van der Waals surface area contributed by atoms with Gasteiger partial charge in [-0.3, -0.25) is 4.79 Å². The number of hydrogen-bond acceptors (Lipinski definition) is 3. The molecule has 0 aromatic heterocycles. The third kappa shape index (κ3) is 1.45. The lowest BCUT2D eigenvalue weighted by molar-refractivity contribution is -0.124. The van der Waals surface area contributed by atoms with Crippen LogP contribution in [-0.2, 0) is 4.79 Å². The number of fused-ring (bicyclic) bond motifs is 1. The average Bonchev–Trinajstić information content (AvgIpc) is 2.16. The lowest BCUT2D eigenvalue weighted by Gasteiger charge is -2.31. The summed E-state index contributed by atoms with van der Waals surface area (Å²) in [7, 11) is 0. The molecule has 1 aromatic rings. The van der Waals surface area contributed by atoms with Crippen molar-refractivity contribution >= 4 is 11.5 Å². The van der Waals surface area contributed by atoms with Crippen molar-refractivity contribution in [1.29, 1.82) is 0 Å². The fourth-order valence-electron chi connectivity index (χ4n) is 1.68. The van der Waals surface area contributed by atoms with Gasteiger partial charge in [-0.2, -0.15) is 0 Å². The average molecular weight is 191 g/mol. The Balaban J connectivity index is 2.31. The summed E-state index contributed by atoms with van der Waals surface area (Å²) in [5.74, 6) is 0.810. The standard InChI is InChI=1S/C11H13NO2/c1-7-11(8(2)13)14-10-6-4-3-5-9(10)12-7/h3-7,11-12H,1-2H3. The monoisotopic (exact) mass is 191 g/mol. The predicted octanol–water partition coefficient (Wildman–Crippen LogP) is 1.84. The molecule has 1 heterocycles. The number of para-hydroxylation sites is 2. The molecule has 1 N–H and O–H groups in total. The van der Waals surface area contributed by atoms with Gasteiger partial charge in [0.2, 0.25) is 0 Å². The number of ketones is 1. The molecule has 0 amide bonds. The van der Waals surface area contributed by atoms with Crippen LogP contribution in [-0.4, -0.2) is 17.9 Å². The molecule has 0 radical (unpaired) electrons. The van der Waals surface area contributed by atoms with Gasteiger partial charge >= 0.3 is 0 Å². The summed E-state index contributed by atoms with van der Waals surface area (Å²) in [5.41, 5.74) is 0.956. The van der Waals surface area contributed by atoms with Crippen molar-refractivity contribution in [2.24, 2.45) is 0 Å². The molecule has 2 atom stereocenters. The van der Waals surface area contributed by atoms with E-state index in [1.54, 1.807) is 6.92 Å². The summed E-state index contributed by atoms with van der Waals surface area (Å²) in [4.78, 5) is 11.3. The first-order valence-electron chi connectivity index (χ1n) is 4.71. The van der Waals surface area contributed by atoms with E-state index in [2.05, 4.69) is 5.32 Å². The largest absolute Gasteiger partial charge is 0.478 e. The van der Waals surface area contributed by atoms with E-state index in [0.717, 1.165) is 11.4 Å². The van der Waals surface area contributed by atoms with Gasteiger partial charge in [-0.25, -0.2) is 0 Å². The Bertz CT molecular complexity index is 362. The Morgan fingerprint density at radius 2 is 2.14 bits per heavy atom. The second-order valence-electron chi connectivity index (χ2n) is 3.58. The van der Waals surface area contributed by atoms with Gasteiger partial charge in [-0.15, -0.1) is 0 Å². The van der Waals surface area contributed by atoms with Crippen LogP contribution in [0.5, 0.6) is 5.75 Å². The molecule has 0 spiro atoms. The highest BCUT2D eigenvalue weighted by Gasteiger charge is 2.29. The summed E-state index contributed by atoms with van der Waals surface area (Å²) >= 11 is 0. The number of rotatable bonds is 1. The lowest BCUT2D eigenvalue weighted by Crippen LogP contribution is -2.43. The minimum Gasteiger partial charge on any atom is -0.478 e. The Labute approximate surface area is 83.1 Å². The Morgan fingerprint density at radius 1 is 1.43 bits per heavy atom. The van der Waals surface area contributed by atoms with Crippen LogP contribution >= 0.6 is 0 Å². The van der Waals surface area contributed by atoms with Crippen LogP contribution in [0.4, 0.5) is 5.69 Å². The van der Waals surface area contributed by atoms with Gasteiger partial charge in [0, 0.05) is 0 Å². The van der Waals surface area contributed by atoms with Crippen LogP contribution in [0.2, 0.25) is 0 Å². The van der Waals surface area contributed by atoms with E-state index in [9.17, 15) is 4.79 Å². The number of anilines is 1. The van der Waals surface area contributed by atoms with Crippen molar-refractivity contribution in [2.75, 3.05) is 5.32 Å². The number of hydrogen-bond donors (Lipinski definition) is 1. The van der Waals surface area contributed by atoms with E-state index in [-0.39, 0.29) is 17.9 Å². The van der Waals surface area contributed by atoms with Gasteiger partial charge < -0.3 is 10.1 Å². The van der Waals surface area contributed by atoms with Gasteiger partial charge in [0.1, 0.15) is 5.75 Å². The van der Waals surface area contributed by atoms with Crippen LogP contribution < -0.4 is 10.1 Å². The topological polar surface area (TPSA) is 38.3 Å². The van der Waals surface area contributed by atoms with E-state index < -0.39 is 0 Å². The van der Waals surface area contributed by atoms with Crippen LogP contribution in [0.1, 0.15) is 13.8 Å². The van der Waals surface area contributed by atoms with Gasteiger partial charge in [-0.05, 0) is 26.0 Å². The molecular formula is C11H13NO2. The molecule has 0 fully saturated rings. The number of nitrogens with one attached hydrogen (secondary N) is 1. The highest BCUT2D eigenvalue weighted by Crippen LogP contribution is 2.30. The molecular weight excluding hydrogens is 178 g/mol. The zero-order chi connectivity index (χ0) is 10.1. The number of Topliss-reactive ketones (excluding diaryl/α,β-unsaturated/α-hetero) is 1. The van der Waals surface area contributed by atoms with E-state index in [4.69, 9.17) is 4.74 Å². The first kappa shape index (κ1) is 9.06. The Hall–Kier alpha value is -1.51. The summed E-state index contributed by atoms with van der Waals surface area (Å²) < 4.78 is 5.59. The lowest BCUT2D eigenvalue weighted by atomic mass is 10.1. The molecule has 1 aromatic carbocycles. The molecule has 3 heteroatoms. The Morgan fingerprint density at radius 3 is 2.86 bits per heavy atom. The molecule has 1 aliphatic heterocycles. The van der Waals surface area contributed by atoms with E-state index in [0.29, 0.717) is 0 Å². The van der Waals surface area contributed by atoms with Crippen molar-refractivity contribution in [1.82, 2.24) is 0 Å². The number of carbonyl (C=O) groups excluding carboxylic acids is 1. The summed E-state index contributed by atoms with van der Waals surface area (Å²) in [6.45, 7) is 3.50. The quantitative estimate of drug-likeness (QED) is 0.736. The fourth-order valence-corrected chi connectivity index (χ4v) is 1.68. The summed E-state index contributed by atoms with van der Waals surface area (Å²) in [6.07, 6.45) is -0.370. The number of ether oxygens (including phenoxy) is 1. The summed E-state index contributed by atoms with van der Waals surface area (Å²) in [6, 6.07) is 7.68. The van der Waals surface area contributed by atoms with Crippen LogP contribution in [0.3, 0.4) is 0 Å². The highest BCUT2D eigenvalue weighted by molar-refractivity contribution is 5.83. The van der Waals surface area contributed by atoms with Gasteiger partial charge in [0.05, 0.1) is 11.7 Å². The van der Waals surface area contributed by atoms with Crippen molar-refractivity contribution in [2.45, 2.75) is 26.0 Å². The maximum atomic E-state index is 11.3. The zero-order valence-electron chi connectivity index (χ0n) is 8.28. The number of benzene rings is 1. The highest BCUT2D eigenvalue weighted by atomic mass is 16.5. The molecule has 1 aliphatic rings. The van der Waals surface area contributed by atoms with Crippen molar-refractivity contribution in [3.8, 4) is 5.75 Å². The smallest absolute Gasteiger partial charge is 0.176 e. The maximum Gasteiger partial charge on any atom is 0.176 e. The molecule has 0 aliphatic carbocycles. The zero-order valence-corrected chi connectivity index (χ0v) is 8.28. The van der Waals surface area contributed by atoms with E-state index in [1.165, 1.54) is 0 Å². The molecule has 14 heavy (non-hydrogen) atoms.